The zero-order valence-electron chi connectivity index (χ0n) is 16.0. The number of carbonyl (C=O) groups excluding carboxylic acids is 2. The molecule has 0 fully saturated rings. The Kier molecular flexibility index (Phi) is 5.60. The molecule has 0 aliphatic rings. The molecule has 146 valence electrons. The van der Waals surface area contributed by atoms with E-state index in [9.17, 15) is 14.4 Å². The molecule has 2 aromatic heterocycles. The Bertz CT molecular complexity index is 1120. The van der Waals surface area contributed by atoms with Gasteiger partial charge in [0.25, 0.3) is 5.56 Å². The Labute approximate surface area is 165 Å². The largest absolute Gasteiger partial charge is 0.462 e. The number of aromatic amines is 1. The Morgan fingerprint density at radius 1 is 1.25 bits per heavy atom. The van der Waals surface area contributed by atoms with Crippen LogP contribution in [0.4, 0.5) is 0 Å². The third-order valence-electron chi connectivity index (χ3n) is 4.20. The number of hydrogen-bond acceptors (Lipinski definition) is 7. The molecule has 1 atom stereocenters. The van der Waals surface area contributed by atoms with Gasteiger partial charge in [-0.05, 0) is 45.4 Å². The number of H-pyrrole nitrogens is 1. The van der Waals surface area contributed by atoms with Crippen molar-refractivity contribution in [3.8, 4) is 0 Å². The first kappa shape index (κ1) is 19.8. The minimum Gasteiger partial charge on any atom is -0.462 e. The van der Waals surface area contributed by atoms with Crippen molar-refractivity contribution in [2.75, 3.05) is 6.61 Å². The van der Waals surface area contributed by atoms with Crippen LogP contribution in [0.25, 0.3) is 10.2 Å². The molecule has 0 saturated heterocycles. The van der Waals surface area contributed by atoms with Gasteiger partial charge in [-0.15, -0.1) is 11.3 Å². The van der Waals surface area contributed by atoms with Gasteiger partial charge in [0.2, 0.25) is 0 Å². The Morgan fingerprint density at radius 2 is 2.00 bits per heavy atom. The fourth-order valence-corrected chi connectivity index (χ4v) is 3.88. The minimum absolute atomic E-state index is 0.218. The minimum atomic E-state index is -0.765. The topological polar surface area (TPSA) is 98.3 Å². The maximum atomic E-state index is 12.5. The van der Waals surface area contributed by atoms with E-state index in [1.54, 1.807) is 39.0 Å². The van der Waals surface area contributed by atoms with Crippen molar-refractivity contribution in [3.63, 3.8) is 0 Å². The molecular weight excluding hydrogens is 380 g/mol. The predicted molar refractivity (Wildman–Crippen MR) is 106 cm³/mol. The maximum Gasteiger partial charge on any atom is 0.348 e. The summed E-state index contributed by atoms with van der Waals surface area (Å²) in [5.41, 5.74) is 1.51. The van der Waals surface area contributed by atoms with E-state index in [4.69, 9.17) is 9.47 Å². The van der Waals surface area contributed by atoms with Crippen LogP contribution in [0.15, 0.2) is 29.1 Å². The van der Waals surface area contributed by atoms with Gasteiger partial charge in [-0.3, -0.25) is 4.79 Å². The zero-order chi connectivity index (χ0) is 20.4. The number of fused-ring (bicyclic) bond motifs is 1. The summed E-state index contributed by atoms with van der Waals surface area (Å²) in [6.07, 6.45) is -0.765. The van der Waals surface area contributed by atoms with E-state index in [0.29, 0.717) is 26.2 Å². The monoisotopic (exact) mass is 400 g/mol. The Morgan fingerprint density at radius 3 is 2.68 bits per heavy atom. The highest BCUT2D eigenvalue weighted by molar-refractivity contribution is 7.20. The Balaban J connectivity index is 1.92. The summed E-state index contributed by atoms with van der Waals surface area (Å²) in [5, 5.41) is 0.342. The van der Waals surface area contributed by atoms with E-state index in [1.807, 2.05) is 13.0 Å². The number of carbonyl (C=O) groups is 2. The summed E-state index contributed by atoms with van der Waals surface area (Å²) >= 11 is 1.09. The fourth-order valence-electron chi connectivity index (χ4n) is 2.80. The van der Waals surface area contributed by atoms with E-state index in [2.05, 4.69) is 9.97 Å². The van der Waals surface area contributed by atoms with Gasteiger partial charge in [-0.25, -0.2) is 14.6 Å². The fraction of sp³-hybridized carbons (Fsp3) is 0.300. The van der Waals surface area contributed by atoms with Gasteiger partial charge in [0.1, 0.15) is 9.71 Å². The number of aryl methyl sites for hydroxylation is 2. The van der Waals surface area contributed by atoms with Crippen molar-refractivity contribution >= 4 is 33.5 Å². The van der Waals surface area contributed by atoms with Gasteiger partial charge in [0.05, 0.1) is 17.6 Å². The SMILES string of the molecule is CCOC(=O)c1sc2nc([C@@H](C)OC(=O)c3cccc(C)c3)[nH]c(=O)c2c1C. The van der Waals surface area contributed by atoms with Crippen LogP contribution < -0.4 is 5.56 Å². The molecule has 1 aromatic carbocycles. The summed E-state index contributed by atoms with van der Waals surface area (Å²) in [4.78, 5) is 44.8. The lowest BCUT2D eigenvalue weighted by Gasteiger charge is -2.12. The quantitative estimate of drug-likeness (QED) is 0.656. The molecule has 0 aliphatic carbocycles. The molecule has 7 nitrogen and oxygen atoms in total. The van der Waals surface area contributed by atoms with E-state index in [1.165, 1.54) is 0 Å². The van der Waals surface area contributed by atoms with Gasteiger partial charge >= 0.3 is 11.9 Å². The number of benzene rings is 1. The first-order chi connectivity index (χ1) is 13.3. The van der Waals surface area contributed by atoms with E-state index < -0.39 is 18.0 Å². The van der Waals surface area contributed by atoms with E-state index >= 15 is 0 Å². The molecule has 0 radical (unpaired) electrons. The molecule has 0 saturated carbocycles. The number of esters is 2. The smallest absolute Gasteiger partial charge is 0.348 e. The van der Waals surface area contributed by atoms with Crippen molar-refractivity contribution in [1.29, 1.82) is 0 Å². The van der Waals surface area contributed by atoms with Crippen molar-refractivity contribution < 1.29 is 19.1 Å². The van der Waals surface area contributed by atoms with Crippen molar-refractivity contribution in [3.05, 3.63) is 62.0 Å². The number of hydrogen-bond donors (Lipinski definition) is 1. The summed E-state index contributed by atoms with van der Waals surface area (Å²) in [6, 6.07) is 7.04. The van der Waals surface area contributed by atoms with Crippen LogP contribution >= 0.6 is 11.3 Å². The van der Waals surface area contributed by atoms with Crippen molar-refractivity contribution in [1.82, 2.24) is 9.97 Å². The lowest BCUT2D eigenvalue weighted by Crippen LogP contribution is -2.17. The van der Waals surface area contributed by atoms with Gasteiger partial charge in [-0.1, -0.05) is 17.7 Å². The molecule has 0 aliphatic heterocycles. The van der Waals surface area contributed by atoms with E-state index in [-0.39, 0.29) is 18.0 Å². The van der Waals surface area contributed by atoms with Gasteiger partial charge in [0.15, 0.2) is 11.9 Å². The van der Waals surface area contributed by atoms with Gasteiger partial charge < -0.3 is 14.5 Å². The van der Waals surface area contributed by atoms with Crippen LogP contribution in [-0.2, 0) is 9.47 Å². The second-order valence-electron chi connectivity index (χ2n) is 6.32. The average molecular weight is 400 g/mol. The van der Waals surface area contributed by atoms with E-state index in [0.717, 1.165) is 16.9 Å². The maximum absolute atomic E-state index is 12.5. The normalized spacial score (nSPS) is 12.0. The second-order valence-corrected chi connectivity index (χ2v) is 7.32. The molecule has 28 heavy (non-hydrogen) atoms. The molecule has 0 bridgehead atoms. The highest BCUT2D eigenvalue weighted by Gasteiger charge is 2.22. The van der Waals surface area contributed by atoms with Crippen LogP contribution in [-0.4, -0.2) is 28.5 Å². The zero-order valence-corrected chi connectivity index (χ0v) is 16.8. The molecular formula is C20H20N2O5S. The molecule has 1 N–H and O–H groups in total. The third-order valence-corrected chi connectivity index (χ3v) is 5.37. The number of thiophene rings is 1. The molecule has 3 aromatic rings. The van der Waals surface area contributed by atoms with Gasteiger partial charge in [-0.2, -0.15) is 0 Å². The number of nitrogens with one attached hydrogen (secondary N) is 1. The lowest BCUT2D eigenvalue weighted by atomic mass is 10.1. The van der Waals surface area contributed by atoms with Crippen LogP contribution in [0.3, 0.4) is 0 Å². The van der Waals surface area contributed by atoms with Crippen LogP contribution in [0.2, 0.25) is 0 Å². The molecule has 3 rings (SSSR count). The number of aromatic nitrogens is 2. The lowest BCUT2D eigenvalue weighted by molar-refractivity contribution is 0.0319. The predicted octanol–water partition coefficient (Wildman–Crippen LogP) is 3.70. The van der Waals surface area contributed by atoms with Crippen molar-refractivity contribution in [2.24, 2.45) is 0 Å². The summed E-state index contributed by atoms with van der Waals surface area (Å²) in [7, 11) is 0. The van der Waals surface area contributed by atoms with Crippen LogP contribution in [0.1, 0.15) is 56.9 Å². The highest BCUT2D eigenvalue weighted by atomic mass is 32.1. The molecule has 0 unspecified atom stereocenters. The van der Waals surface area contributed by atoms with Crippen molar-refractivity contribution in [2.45, 2.75) is 33.8 Å². The Hall–Kier alpha value is -3.00. The van der Waals surface area contributed by atoms with Crippen LogP contribution in [0, 0.1) is 13.8 Å². The molecule has 0 amide bonds. The number of nitrogens with zero attached hydrogens (tertiary/aromatic N) is 1. The third kappa shape index (κ3) is 3.82. The first-order valence-corrected chi connectivity index (χ1v) is 9.61. The molecule has 2 heterocycles. The van der Waals surface area contributed by atoms with Crippen LogP contribution in [0.5, 0.6) is 0 Å². The second kappa shape index (κ2) is 7.93. The average Bonchev–Trinajstić information content (AvgIpc) is 2.99. The number of ether oxygens (including phenoxy) is 2. The summed E-state index contributed by atoms with van der Waals surface area (Å²) < 4.78 is 10.5. The molecule has 8 heteroatoms. The summed E-state index contributed by atoms with van der Waals surface area (Å²) in [5.74, 6) is -0.772. The van der Waals surface area contributed by atoms with Gasteiger partial charge in [0, 0.05) is 0 Å². The molecule has 0 spiro atoms. The highest BCUT2D eigenvalue weighted by Crippen LogP contribution is 2.28. The first-order valence-electron chi connectivity index (χ1n) is 8.79. The summed E-state index contributed by atoms with van der Waals surface area (Å²) in [6.45, 7) is 7.16. The standard InChI is InChI=1S/C20H20N2O5S/c1-5-26-20(25)15-11(3)14-17(23)21-16(22-18(14)28-15)12(4)27-19(24)13-8-6-7-10(2)9-13/h6-9,12H,5H2,1-4H3,(H,21,22,23)/t12-/m1/s1. The number of rotatable bonds is 5.